The summed E-state index contributed by atoms with van der Waals surface area (Å²) in [5, 5.41) is 3.51. The van der Waals surface area contributed by atoms with Gasteiger partial charge in [-0.15, -0.1) is 6.58 Å². The first-order valence-electron chi connectivity index (χ1n) is 5.92. The number of allylic oxidation sites excluding steroid dienone is 1. The molecule has 0 aromatic heterocycles. The zero-order chi connectivity index (χ0) is 11.8. The Balaban J connectivity index is 2.26. The van der Waals surface area contributed by atoms with E-state index in [1.54, 1.807) is 0 Å². The zero-order valence-electron chi connectivity index (χ0n) is 9.93. The van der Waals surface area contributed by atoms with Gasteiger partial charge in [0.2, 0.25) is 0 Å². The maximum absolute atomic E-state index is 5.85. The van der Waals surface area contributed by atoms with Crippen molar-refractivity contribution in [2.75, 3.05) is 0 Å². The second-order valence-corrected chi connectivity index (χ2v) is 6.02. The summed E-state index contributed by atoms with van der Waals surface area (Å²) in [5.74, 6) is 0. The van der Waals surface area contributed by atoms with Crippen LogP contribution in [0.4, 0.5) is 0 Å². The Hall–Kier alpha value is -0.533. The summed E-state index contributed by atoms with van der Waals surface area (Å²) in [7, 11) is 0.733. The summed E-state index contributed by atoms with van der Waals surface area (Å²) < 4.78 is 0. The highest BCUT2D eigenvalue weighted by molar-refractivity contribution is 6.60. The highest BCUT2D eigenvalue weighted by Crippen LogP contribution is 2.08. The predicted octanol–water partition coefficient (Wildman–Crippen LogP) is 4.15. The first-order chi connectivity index (χ1) is 7.72. The minimum atomic E-state index is 0.733. The van der Waals surface area contributed by atoms with Crippen LogP contribution >= 0.6 is 11.6 Å². The second kappa shape index (κ2) is 7.69. The molecule has 0 bridgehead atoms. The lowest BCUT2D eigenvalue weighted by atomic mass is 10.1. The highest BCUT2D eigenvalue weighted by Gasteiger charge is 1.99. The van der Waals surface area contributed by atoms with Gasteiger partial charge < -0.3 is 0 Å². The third-order valence-electron chi connectivity index (χ3n) is 2.50. The van der Waals surface area contributed by atoms with Gasteiger partial charge >= 0.3 is 0 Å². The molecule has 0 nitrogen and oxygen atoms in total. The highest BCUT2D eigenvalue weighted by atomic mass is 35.5. The number of hydrogen-bond donors (Lipinski definition) is 0. The number of rotatable bonds is 7. The standard InChI is InChI=1S/C14H19ClSi/c1-3-4-5-6-7-12(2)16-14-10-8-13(15)9-11-14/h8-11H,2-7H2,1H3. The van der Waals surface area contributed by atoms with Gasteiger partial charge in [-0.05, 0) is 25.0 Å². The molecule has 0 atom stereocenters. The third-order valence-corrected chi connectivity index (χ3v) is 3.97. The molecule has 1 aromatic rings. The van der Waals surface area contributed by atoms with E-state index in [0.717, 1.165) is 14.5 Å². The number of hydrogen-bond acceptors (Lipinski definition) is 0. The molecule has 0 heterocycles. The van der Waals surface area contributed by atoms with Crippen LogP contribution in [0.5, 0.6) is 0 Å². The molecule has 2 heteroatoms. The molecule has 0 N–H and O–H groups in total. The van der Waals surface area contributed by atoms with Crippen LogP contribution in [-0.4, -0.2) is 9.52 Å². The Bertz CT molecular complexity index is 316. The Morgan fingerprint density at radius 3 is 2.50 bits per heavy atom. The summed E-state index contributed by atoms with van der Waals surface area (Å²) in [6.07, 6.45) is 6.43. The fourth-order valence-electron chi connectivity index (χ4n) is 1.57. The zero-order valence-corrected chi connectivity index (χ0v) is 11.7. The molecule has 0 fully saturated rings. The average Bonchev–Trinajstić information content (AvgIpc) is 2.28. The molecule has 1 rings (SSSR count). The molecule has 0 saturated heterocycles. The van der Waals surface area contributed by atoms with Gasteiger partial charge in [-0.2, -0.15) is 0 Å². The van der Waals surface area contributed by atoms with Crippen LogP contribution in [0.15, 0.2) is 36.0 Å². The van der Waals surface area contributed by atoms with Crippen LogP contribution in [0, 0.1) is 0 Å². The van der Waals surface area contributed by atoms with E-state index < -0.39 is 0 Å². The maximum atomic E-state index is 5.85. The van der Waals surface area contributed by atoms with Crippen LogP contribution in [0.1, 0.15) is 39.0 Å². The fraction of sp³-hybridized carbons (Fsp3) is 0.429. The van der Waals surface area contributed by atoms with E-state index in [4.69, 9.17) is 11.6 Å². The quantitative estimate of drug-likeness (QED) is 0.504. The van der Waals surface area contributed by atoms with Crippen molar-refractivity contribution in [2.45, 2.75) is 39.0 Å². The maximum Gasteiger partial charge on any atom is 0.115 e. The smallest absolute Gasteiger partial charge is 0.104 e. The molecule has 0 aliphatic carbocycles. The molecule has 0 unspecified atom stereocenters. The van der Waals surface area contributed by atoms with Crippen molar-refractivity contribution in [1.29, 1.82) is 0 Å². The number of unbranched alkanes of at least 4 members (excludes halogenated alkanes) is 3. The molecular weight excluding hydrogens is 232 g/mol. The van der Waals surface area contributed by atoms with Crippen molar-refractivity contribution < 1.29 is 0 Å². The Labute approximate surface area is 107 Å². The van der Waals surface area contributed by atoms with E-state index in [1.807, 2.05) is 12.1 Å². The molecule has 2 radical (unpaired) electrons. The number of benzene rings is 1. The minimum absolute atomic E-state index is 0.733. The monoisotopic (exact) mass is 250 g/mol. The van der Waals surface area contributed by atoms with Crippen LogP contribution in [0.2, 0.25) is 5.02 Å². The molecule has 0 saturated carbocycles. The summed E-state index contributed by atoms with van der Waals surface area (Å²) in [5.41, 5.74) is 0. The van der Waals surface area contributed by atoms with E-state index in [1.165, 1.54) is 42.5 Å². The molecule has 0 amide bonds. The topological polar surface area (TPSA) is 0 Å². The molecule has 0 aliphatic rings. The van der Waals surface area contributed by atoms with Crippen LogP contribution < -0.4 is 5.19 Å². The lowest BCUT2D eigenvalue weighted by Gasteiger charge is -2.04. The van der Waals surface area contributed by atoms with Crippen LogP contribution in [0.3, 0.4) is 0 Å². The van der Waals surface area contributed by atoms with Gasteiger partial charge in [-0.3, -0.25) is 0 Å². The van der Waals surface area contributed by atoms with Crippen molar-refractivity contribution in [3.63, 3.8) is 0 Å². The van der Waals surface area contributed by atoms with Gasteiger partial charge in [0.25, 0.3) is 0 Å². The first kappa shape index (κ1) is 13.5. The normalized spacial score (nSPS) is 10.4. The Kier molecular flexibility index (Phi) is 6.51. The van der Waals surface area contributed by atoms with Gasteiger partial charge in [0.05, 0.1) is 0 Å². The van der Waals surface area contributed by atoms with Gasteiger partial charge in [-0.25, -0.2) is 0 Å². The Morgan fingerprint density at radius 2 is 1.88 bits per heavy atom. The Morgan fingerprint density at radius 1 is 1.19 bits per heavy atom. The summed E-state index contributed by atoms with van der Waals surface area (Å²) in [4.78, 5) is 0. The van der Waals surface area contributed by atoms with Crippen molar-refractivity contribution in [1.82, 2.24) is 0 Å². The van der Waals surface area contributed by atoms with Crippen molar-refractivity contribution in [3.05, 3.63) is 41.1 Å². The van der Waals surface area contributed by atoms with E-state index in [9.17, 15) is 0 Å². The van der Waals surface area contributed by atoms with Crippen molar-refractivity contribution in [2.24, 2.45) is 0 Å². The first-order valence-corrected chi connectivity index (χ1v) is 7.30. The van der Waals surface area contributed by atoms with Gasteiger partial charge in [0, 0.05) is 5.02 Å². The third kappa shape index (κ3) is 5.52. The SMILES string of the molecule is C=C(CCCCCC)[Si]c1ccc(Cl)cc1. The van der Waals surface area contributed by atoms with Gasteiger partial charge in [0.1, 0.15) is 9.52 Å². The lowest BCUT2D eigenvalue weighted by molar-refractivity contribution is 0.672. The predicted molar refractivity (Wildman–Crippen MR) is 74.7 cm³/mol. The summed E-state index contributed by atoms with van der Waals surface area (Å²) in [6.45, 7) is 6.39. The number of halogens is 1. The largest absolute Gasteiger partial charge is 0.115 e. The molecular formula is C14H19ClSi. The van der Waals surface area contributed by atoms with Crippen molar-refractivity contribution >= 4 is 26.3 Å². The van der Waals surface area contributed by atoms with E-state index in [2.05, 4.69) is 25.6 Å². The summed E-state index contributed by atoms with van der Waals surface area (Å²) in [6, 6.07) is 8.10. The molecule has 1 aromatic carbocycles. The summed E-state index contributed by atoms with van der Waals surface area (Å²) >= 11 is 5.85. The van der Waals surface area contributed by atoms with Crippen LogP contribution in [-0.2, 0) is 0 Å². The molecule has 16 heavy (non-hydrogen) atoms. The van der Waals surface area contributed by atoms with Gasteiger partial charge in [0.15, 0.2) is 0 Å². The van der Waals surface area contributed by atoms with E-state index in [-0.39, 0.29) is 0 Å². The van der Waals surface area contributed by atoms with E-state index in [0.29, 0.717) is 0 Å². The fourth-order valence-corrected chi connectivity index (χ4v) is 2.73. The average molecular weight is 251 g/mol. The second-order valence-electron chi connectivity index (χ2n) is 4.05. The minimum Gasteiger partial charge on any atom is -0.104 e. The van der Waals surface area contributed by atoms with Crippen molar-refractivity contribution in [3.8, 4) is 0 Å². The molecule has 0 spiro atoms. The van der Waals surface area contributed by atoms with Crippen LogP contribution in [0.25, 0.3) is 0 Å². The molecule has 0 aliphatic heterocycles. The molecule has 86 valence electrons. The van der Waals surface area contributed by atoms with Gasteiger partial charge in [-0.1, -0.05) is 60.3 Å². The lowest BCUT2D eigenvalue weighted by Crippen LogP contribution is -2.15. The van der Waals surface area contributed by atoms with E-state index >= 15 is 0 Å².